The van der Waals surface area contributed by atoms with Crippen LogP contribution in [0, 0.1) is 20.8 Å². The number of hydrogen-bond donors (Lipinski definition) is 2. The predicted molar refractivity (Wildman–Crippen MR) is 79.2 cm³/mol. The second-order valence-corrected chi connectivity index (χ2v) is 6.31. The second-order valence-electron chi connectivity index (χ2n) is 4.66. The number of aromatic nitrogens is 3. The molecule has 0 fully saturated rings. The topological polar surface area (TPSA) is 111 Å². The molecule has 0 radical (unpaired) electrons. The van der Waals surface area contributed by atoms with Crippen molar-refractivity contribution in [2.24, 2.45) is 5.73 Å². The van der Waals surface area contributed by atoms with Gasteiger partial charge in [0.2, 0.25) is 0 Å². The molecule has 0 saturated heterocycles. The van der Waals surface area contributed by atoms with E-state index in [0.717, 1.165) is 5.56 Å². The number of anilines is 1. The number of nitrogens with two attached hydrogens (primary N) is 1. The van der Waals surface area contributed by atoms with Crippen molar-refractivity contribution >= 4 is 16.0 Å². The fourth-order valence-electron chi connectivity index (χ4n) is 1.85. The molecule has 21 heavy (non-hydrogen) atoms. The van der Waals surface area contributed by atoms with Gasteiger partial charge in [-0.05, 0) is 38.0 Å². The van der Waals surface area contributed by atoms with Crippen molar-refractivity contribution in [1.82, 2.24) is 15.2 Å². The fraction of sp³-hybridized carbons (Fsp3) is 0.308. The number of aryl methyl sites for hydroxylation is 2. The number of benzene rings is 1. The Morgan fingerprint density at radius 3 is 2.48 bits per heavy atom. The molecule has 0 aliphatic rings. The molecular formula is C13H17N5O2S. The SMILES string of the molecule is Cc1nnc(NS(=O)(=O)c2cccc(CN)c2C)nc1C. The minimum absolute atomic E-state index is 0.0457. The van der Waals surface area contributed by atoms with Gasteiger partial charge in [-0.2, -0.15) is 5.10 Å². The van der Waals surface area contributed by atoms with Crippen molar-refractivity contribution in [3.05, 3.63) is 40.7 Å². The molecule has 0 amide bonds. The zero-order valence-corrected chi connectivity index (χ0v) is 12.9. The first kappa shape index (κ1) is 15.3. The van der Waals surface area contributed by atoms with Gasteiger partial charge in [0.1, 0.15) is 0 Å². The van der Waals surface area contributed by atoms with Gasteiger partial charge in [0.25, 0.3) is 16.0 Å². The average molecular weight is 307 g/mol. The molecule has 3 N–H and O–H groups in total. The summed E-state index contributed by atoms with van der Waals surface area (Å²) in [5.74, 6) is -0.0457. The maximum Gasteiger partial charge on any atom is 0.264 e. The van der Waals surface area contributed by atoms with E-state index in [2.05, 4.69) is 19.9 Å². The monoisotopic (exact) mass is 307 g/mol. The van der Waals surface area contributed by atoms with E-state index >= 15 is 0 Å². The summed E-state index contributed by atoms with van der Waals surface area (Å²) in [7, 11) is -3.78. The third-order valence-corrected chi connectivity index (χ3v) is 4.70. The van der Waals surface area contributed by atoms with Crippen LogP contribution in [0.5, 0.6) is 0 Å². The largest absolute Gasteiger partial charge is 0.326 e. The molecule has 7 nitrogen and oxygen atoms in total. The zero-order chi connectivity index (χ0) is 15.6. The van der Waals surface area contributed by atoms with Crippen LogP contribution in [0.3, 0.4) is 0 Å². The number of nitrogens with zero attached hydrogens (tertiary/aromatic N) is 3. The summed E-state index contributed by atoms with van der Waals surface area (Å²) in [5.41, 5.74) is 8.26. The Morgan fingerprint density at radius 1 is 1.14 bits per heavy atom. The molecule has 0 spiro atoms. The standard InChI is InChI=1S/C13H17N5O2S/c1-8-11(7-14)5-4-6-12(8)21(19,20)18-13-15-9(2)10(3)16-17-13/h4-6H,7,14H2,1-3H3,(H,15,17,18). The first-order chi connectivity index (χ1) is 9.85. The highest BCUT2D eigenvalue weighted by Crippen LogP contribution is 2.20. The van der Waals surface area contributed by atoms with Gasteiger partial charge in [0.05, 0.1) is 16.3 Å². The molecule has 1 aromatic carbocycles. The lowest BCUT2D eigenvalue weighted by atomic mass is 10.1. The van der Waals surface area contributed by atoms with E-state index in [1.54, 1.807) is 32.9 Å². The number of nitrogens with one attached hydrogen (secondary N) is 1. The zero-order valence-electron chi connectivity index (χ0n) is 12.1. The summed E-state index contributed by atoms with van der Waals surface area (Å²) >= 11 is 0. The summed E-state index contributed by atoms with van der Waals surface area (Å²) in [5, 5.41) is 7.60. The summed E-state index contributed by atoms with van der Waals surface area (Å²) in [6.45, 7) is 5.48. The molecule has 1 heterocycles. The Hall–Kier alpha value is -2.06. The third-order valence-electron chi connectivity index (χ3n) is 3.22. The molecule has 0 unspecified atom stereocenters. The highest BCUT2D eigenvalue weighted by molar-refractivity contribution is 7.92. The molecule has 0 aliphatic carbocycles. The summed E-state index contributed by atoms with van der Waals surface area (Å²) in [6, 6.07) is 4.97. The molecule has 0 bridgehead atoms. The first-order valence-electron chi connectivity index (χ1n) is 6.34. The van der Waals surface area contributed by atoms with Crippen molar-refractivity contribution in [2.45, 2.75) is 32.2 Å². The van der Waals surface area contributed by atoms with Gasteiger partial charge in [0, 0.05) is 6.54 Å². The number of sulfonamides is 1. The van der Waals surface area contributed by atoms with Gasteiger partial charge in [-0.3, -0.25) is 0 Å². The lowest BCUT2D eigenvalue weighted by Crippen LogP contribution is -2.18. The Labute approximate surface area is 123 Å². The third kappa shape index (κ3) is 3.17. The lowest BCUT2D eigenvalue weighted by Gasteiger charge is -2.11. The van der Waals surface area contributed by atoms with Crippen molar-refractivity contribution in [3.63, 3.8) is 0 Å². The van der Waals surface area contributed by atoms with E-state index in [9.17, 15) is 8.42 Å². The molecule has 0 atom stereocenters. The Balaban J connectivity index is 2.41. The van der Waals surface area contributed by atoms with Crippen LogP contribution in [0.1, 0.15) is 22.5 Å². The Kier molecular flexibility index (Phi) is 4.19. The molecule has 8 heteroatoms. The molecular weight excluding hydrogens is 290 g/mol. The van der Waals surface area contributed by atoms with Gasteiger partial charge in [0.15, 0.2) is 0 Å². The highest BCUT2D eigenvalue weighted by atomic mass is 32.2. The van der Waals surface area contributed by atoms with E-state index in [1.165, 1.54) is 6.07 Å². The van der Waals surface area contributed by atoms with Gasteiger partial charge >= 0.3 is 0 Å². The fourth-order valence-corrected chi connectivity index (χ4v) is 3.08. The van der Waals surface area contributed by atoms with Crippen molar-refractivity contribution < 1.29 is 8.42 Å². The van der Waals surface area contributed by atoms with Gasteiger partial charge in [-0.15, -0.1) is 5.10 Å². The normalized spacial score (nSPS) is 11.4. The lowest BCUT2D eigenvalue weighted by molar-refractivity contribution is 0.599. The van der Waals surface area contributed by atoms with E-state index < -0.39 is 10.0 Å². The van der Waals surface area contributed by atoms with Crippen molar-refractivity contribution in [1.29, 1.82) is 0 Å². The molecule has 2 aromatic rings. The molecule has 112 valence electrons. The van der Waals surface area contributed by atoms with Crippen molar-refractivity contribution in [2.75, 3.05) is 4.72 Å². The van der Waals surface area contributed by atoms with Crippen LogP contribution in [0.4, 0.5) is 5.95 Å². The maximum absolute atomic E-state index is 12.4. The van der Waals surface area contributed by atoms with Crippen LogP contribution in [-0.2, 0) is 16.6 Å². The molecule has 2 rings (SSSR count). The average Bonchev–Trinajstić information content (AvgIpc) is 2.42. The Bertz CT molecular complexity index is 774. The van der Waals surface area contributed by atoms with E-state index in [1.807, 2.05) is 0 Å². The van der Waals surface area contributed by atoms with E-state index in [-0.39, 0.29) is 17.4 Å². The smallest absolute Gasteiger partial charge is 0.264 e. The van der Waals surface area contributed by atoms with Gasteiger partial charge < -0.3 is 5.73 Å². The minimum atomic E-state index is -3.78. The van der Waals surface area contributed by atoms with Crippen LogP contribution in [0.25, 0.3) is 0 Å². The summed E-state index contributed by atoms with van der Waals surface area (Å²) in [6.07, 6.45) is 0. The van der Waals surface area contributed by atoms with Crippen LogP contribution < -0.4 is 10.5 Å². The molecule has 1 aromatic heterocycles. The predicted octanol–water partition coefficient (Wildman–Crippen LogP) is 1.06. The summed E-state index contributed by atoms with van der Waals surface area (Å²) < 4.78 is 27.2. The van der Waals surface area contributed by atoms with Gasteiger partial charge in [-0.1, -0.05) is 12.1 Å². The van der Waals surface area contributed by atoms with Crippen LogP contribution in [-0.4, -0.2) is 23.6 Å². The second kappa shape index (κ2) is 5.74. The first-order valence-corrected chi connectivity index (χ1v) is 7.82. The minimum Gasteiger partial charge on any atom is -0.326 e. The number of rotatable bonds is 4. The highest BCUT2D eigenvalue weighted by Gasteiger charge is 2.19. The van der Waals surface area contributed by atoms with Gasteiger partial charge in [-0.25, -0.2) is 18.1 Å². The maximum atomic E-state index is 12.4. The number of hydrogen-bond acceptors (Lipinski definition) is 6. The molecule has 0 saturated carbocycles. The van der Waals surface area contributed by atoms with E-state index in [0.29, 0.717) is 17.0 Å². The Morgan fingerprint density at radius 2 is 1.86 bits per heavy atom. The van der Waals surface area contributed by atoms with Crippen molar-refractivity contribution in [3.8, 4) is 0 Å². The van der Waals surface area contributed by atoms with Crippen LogP contribution in [0.15, 0.2) is 23.1 Å². The van der Waals surface area contributed by atoms with E-state index in [4.69, 9.17) is 5.73 Å². The molecule has 0 aliphatic heterocycles. The quantitative estimate of drug-likeness (QED) is 0.873. The van der Waals surface area contributed by atoms with Crippen LogP contribution >= 0.6 is 0 Å². The summed E-state index contributed by atoms with van der Waals surface area (Å²) in [4.78, 5) is 4.23. The van der Waals surface area contributed by atoms with Crippen LogP contribution in [0.2, 0.25) is 0 Å².